The quantitative estimate of drug-likeness (QED) is 0.153. The van der Waals surface area contributed by atoms with E-state index < -0.39 is 5.67 Å². The molecule has 108 heavy (non-hydrogen) atoms. The van der Waals surface area contributed by atoms with Gasteiger partial charge in [-0.25, -0.2) is 4.39 Å². The fourth-order valence-corrected chi connectivity index (χ4v) is 14.2. The summed E-state index contributed by atoms with van der Waals surface area (Å²) >= 11 is 0. The van der Waals surface area contributed by atoms with Crippen molar-refractivity contribution < 1.29 is 4.39 Å². The van der Waals surface area contributed by atoms with Gasteiger partial charge < -0.3 is 19.6 Å². The van der Waals surface area contributed by atoms with Gasteiger partial charge in [0.1, 0.15) is 5.67 Å². The minimum atomic E-state index is -0.899. The van der Waals surface area contributed by atoms with E-state index in [1.165, 1.54) is 166 Å². The van der Waals surface area contributed by atoms with Crippen LogP contribution in [0.1, 0.15) is 357 Å². The molecule has 0 atom stereocenters. The lowest BCUT2D eigenvalue weighted by Gasteiger charge is -2.68. The van der Waals surface area contributed by atoms with Crippen molar-refractivity contribution in [1.82, 2.24) is 24.5 Å². The number of rotatable bonds is 8. The van der Waals surface area contributed by atoms with Gasteiger partial charge in [0, 0.05) is 43.3 Å². The Hall–Kier alpha value is -3.91. The average Bonchev–Trinajstić information content (AvgIpc) is 0.775. The summed E-state index contributed by atoms with van der Waals surface area (Å²) in [5, 5.41) is 2.71. The normalized spacial score (nSPS) is 19.3. The van der Waals surface area contributed by atoms with E-state index in [2.05, 4.69) is 382 Å². The Kier molecular flexibility index (Phi) is 42.5. The number of piperidine rings is 1. The van der Waals surface area contributed by atoms with Gasteiger partial charge in [0.15, 0.2) is 0 Å². The molecule has 0 spiro atoms. The zero-order valence-electron chi connectivity index (χ0n) is 78.1. The third-order valence-electron chi connectivity index (χ3n) is 24.0. The van der Waals surface area contributed by atoms with E-state index in [4.69, 9.17) is 0 Å². The van der Waals surface area contributed by atoms with Crippen LogP contribution in [0.15, 0.2) is 115 Å². The van der Waals surface area contributed by atoms with Gasteiger partial charge >= 0.3 is 0 Å². The molecule has 5 nitrogen and oxygen atoms in total. The molecule has 4 saturated carbocycles. The van der Waals surface area contributed by atoms with Crippen LogP contribution in [-0.4, -0.2) is 127 Å². The number of aryl methyl sites for hydroxylation is 1. The minimum Gasteiger partial charge on any atom is -0.307 e. The van der Waals surface area contributed by atoms with Crippen molar-refractivity contribution >= 4 is 10.8 Å². The maximum atomic E-state index is 12.8. The summed E-state index contributed by atoms with van der Waals surface area (Å²) in [6.45, 7) is 85.2. The number of hydrogen-bond acceptors (Lipinski definition) is 5. The second-order valence-corrected chi connectivity index (χ2v) is 42.1. The van der Waals surface area contributed by atoms with E-state index in [0.29, 0.717) is 36.5 Å². The zero-order chi connectivity index (χ0) is 82.6. The molecular formula is C102H178FN5. The summed E-state index contributed by atoms with van der Waals surface area (Å²) in [5.41, 5.74) is 11.7. The van der Waals surface area contributed by atoms with E-state index in [1.807, 2.05) is 0 Å². The highest BCUT2D eigenvalue weighted by atomic mass is 19.1. The molecule has 6 heteroatoms. The predicted molar refractivity (Wildman–Crippen MR) is 485 cm³/mol. The predicted octanol–water partition coefficient (Wildman–Crippen LogP) is 28.2. The van der Waals surface area contributed by atoms with Crippen molar-refractivity contribution in [2.45, 2.75) is 388 Å². The van der Waals surface area contributed by atoms with Crippen LogP contribution in [0.25, 0.3) is 10.8 Å². The molecule has 0 amide bonds. The molecule has 4 aliphatic carbocycles. The number of halogens is 1. The molecule has 0 radical (unpaired) electrons. The molecule has 8 aliphatic rings. The molecule has 8 fully saturated rings. The van der Waals surface area contributed by atoms with Crippen molar-refractivity contribution in [2.24, 2.45) is 28.6 Å². The molecule has 0 N–H and O–H groups in total. The fourth-order valence-electron chi connectivity index (χ4n) is 14.2. The highest BCUT2D eigenvalue weighted by Crippen LogP contribution is 2.71. The number of benzene rings is 5. The standard InChI is InChI=1S/C14H16.C14H22.C13H20.C12H18.C9H16.C8H17N.C7H14FN.C7H15N.C7H14.C6H13N.C5H13N/c1-14(2,3)13-10-6-8-11-7-4-5-9-12(11)13;1-13(2,3)11-7-9-12(10-8-11)14(4,5)6;1-10(2)11-6-8-12(9-7-11)13(3,4)5;1-5-10-6-8-11(9-7-10)12(2,3)4;1-8(2,3)9-4-7(5-9)6-9;1-8(2)9-6-4-3-5-7-9;1-6(2)9-4-7(3,8)5-9;1-7(2)8-5-3-4-6-8;2*1-6(2)7-4-3-5-7;1-5(2)6(3)4/h4-10H,1-3H3;7-10H,1-6H3;6-10H,1-5H3;6-9H,5H2,1-4H3;7H,4-6H2,1-3H3;8H,3-7H2,1-2H3;6H,4-5H2,1-3H3;7H,3-6H2,1-2H3;6-7H,3-5H2,1-2H3;6H,3-5H2,1-2H3;5H,1-4H3. The van der Waals surface area contributed by atoms with Crippen LogP contribution in [-0.2, 0) is 33.5 Å². The SMILES string of the molecule is CC(C)(C)C12CC(C1)C2.CC(C)(C)c1ccc(C(C)(C)C)cc1.CC(C)(C)c1cccc2ccccc12.CC(C)C1CCC1.CC(C)N(C)C.CC(C)N1CC(C)(F)C1.CC(C)N1CCC1.CC(C)N1CCCC1.CC(C)N1CCCCC1.CC(C)c1ccc(C(C)(C)C)cc1.CCc1ccc(C(C)(C)C)cc1. The van der Waals surface area contributed by atoms with Crippen LogP contribution >= 0.6 is 0 Å². The summed E-state index contributed by atoms with van der Waals surface area (Å²) in [4.78, 5) is 11.9. The molecule has 5 aromatic carbocycles. The molecule has 4 heterocycles. The van der Waals surface area contributed by atoms with Gasteiger partial charge in [0.2, 0.25) is 0 Å². The highest BCUT2D eigenvalue weighted by Gasteiger charge is 2.61. The molecule has 2 bridgehead atoms. The van der Waals surface area contributed by atoms with Crippen molar-refractivity contribution in [3.05, 3.63) is 154 Å². The lowest BCUT2D eigenvalue weighted by Crippen LogP contribution is -2.59. The van der Waals surface area contributed by atoms with Crippen molar-refractivity contribution in [2.75, 3.05) is 66.5 Å². The number of nitrogens with zero attached hydrogens (tertiary/aromatic N) is 5. The van der Waals surface area contributed by atoms with Gasteiger partial charge in [-0.15, -0.1) is 0 Å². The van der Waals surface area contributed by atoms with Crippen LogP contribution < -0.4 is 0 Å². The molecule has 5 aromatic rings. The molecule has 13 rings (SSSR count). The molecular weight excluding hydrogens is 1310 g/mol. The van der Waals surface area contributed by atoms with Gasteiger partial charge in [-0.3, -0.25) is 4.90 Å². The first kappa shape index (κ1) is 100. The fraction of sp³-hybridized carbons (Fsp3) is 0.725. The van der Waals surface area contributed by atoms with Crippen molar-refractivity contribution in [1.29, 1.82) is 0 Å². The summed E-state index contributed by atoms with van der Waals surface area (Å²) in [5.74, 6) is 3.81. The topological polar surface area (TPSA) is 16.2 Å². The van der Waals surface area contributed by atoms with Crippen LogP contribution in [0.2, 0.25) is 0 Å². The van der Waals surface area contributed by atoms with Crippen LogP contribution in [0.3, 0.4) is 0 Å². The Balaban J connectivity index is 0.000000407. The van der Waals surface area contributed by atoms with E-state index >= 15 is 0 Å². The van der Waals surface area contributed by atoms with Gasteiger partial charge in [-0.05, 0) is 299 Å². The third-order valence-corrected chi connectivity index (χ3v) is 24.0. The van der Waals surface area contributed by atoms with Gasteiger partial charge in [-0.2, -0.15) is 0 Å². The minimum absolute atomic E-state index is 0.223. The van der Waals surface area contributed by atoms with Crippen LogP contribution in [0, 0.1) is 28.6 Å². The van der Waals surface area contributed by atoms with Crippen molar-refractivity contribution in [3.8, 4) is 0 Å². The first-order valence-electron chi connectivity index (χ1n) is 43.8. The van der Waals surface area contributed by atoms with Crippen LogP contribution in [0.5, 0.6) is 0 Å². The summed E-state index contributed by atoms with van der Waals surface area (Å²) in [6, 6.07) is 45.5. The third kappa shape index (κ3) is 36.9. The molecule has 4 saturated heterocycles. The Morgan fingerprint density at radius 1 is 0.407 bits per heavy atom. The molecule has 618 valence electrons. The molecule has 0 unspecified atom stereocenters. The largest absolute Gasteiger partial charge is 0.307 e. The number of fused-ring (bicyclic) bond motifs is 1. The number of alkyl halides is 1. The van der Waals surface area contributed by atoms with Crippen LogP contribution in [0.4, 0.5) is 4.39 Å². The smallest absolute Gasteiger partial charge is 0.133 e. The number of hydrogen-bond donors (Lipinski definition) is 0. The zero-order valence-corrected chi connectivity index (χ0v) is 78.1. The first-order chi connectivity index (χ1) is 49.7. The van der Waals surface area contributed by atoms with Gasteiger partial charge in [0.25, 0.3) is 0 Å². The first-order valence-corrected chi connectivity index (χ1v) is 43.8. The van der Waals surface area contributed by atoms with Crippen molar-refractivity contribution in [3.63, 3.8) is 0 Å². The Morgan fingerprint density at radius 2 is 0.741 bits per heavy atom. The van der Waals surface area contributed by atoms with E-state index in [9.17, 15) is 4.39 Å². The number of likely N-dealkylation sites (tertiary alicyclic amines) is 4. The van der Waals surface area contributed by atoms with E-state index in [-0.39, 0.29) is 27.1 Å². The lowest BCUT2D eigenvalue weighted by atomic mass is 9.37. The average molecular weight is 1490 g/mol. The molecule has 0 aromatic heterocycles. The molecule has 4 aliphatic heterocycles. The van der Waals surface area contributed by atoms with Gasteiger partial charge in [-0.1, -0.05) is 300 Å². The van der Waals surface area contributed by atoms with Gasteiger partial charge in [0.05, 0.1) is 0 Å². The summed E-state index contributed by atoms with van der Waals surface area (Å²) < 4.78 is 12.8. The Bertz CT molecular complexity index is 3050. The maximum absolute atomic E-state index is 12.8. The lowest BCUT2D eigenvalue weighted by molar-refractivity contribution is -0.181. The Morgan fingerprint density at radius 3 is 0.954 bits per heavy atom. The second kappa shape index (κ2) is 45.8. The summed E-state index contributed by atoms with van der Waals surface area (Å²) in [7, 11) is 4.15. The second-order valence-electron chi connectivity index (χ2n) is 42.1. The Labute approximate surface area is 672 Å². The maximum Gasteiger partial charge on any atom is 0.133 e. The highest BCUT2D eigenvalue weighted by molar-refractivity contribution is 5.86. The van der Waals surface area contributed by atoms with E-state index in [0.717, 1.165) is 47.7 Å². The monoisotopic (exact) mass is 1490 g/mol. The summed E-state index contributed by atoms with van der Waals surface area (Å²) in [6.07, 6.45) is 18.8. The van der Waals surface area contributed by atoms with E-state index in [1.54, 1.807) is 6.92 Å².